The summed E-state index contributed by atoms with van der Waals surface area (Å²) in [6, 6.07) is 4.57. The van der Waals surface area contributed by atoms with Gasteiger partial charge in [0.15, 0.2) is 11.6 Å². The van der Waals surface area contributed by atoms with Gasteiger partial charge in [0, 0.05) is 11.7 Å². The van der Waals surface area contributed by atoms with Crippen LogP contribution in [0.3, 0.4) is 0 Å². The Labute approximate surface area is 161 Å². The Morgan fingerprint density at radius 2 is 1.74 bits per heavy atom. The fourth-order valence-electron chi connectivity index (χ4n) is 3.91. The van der Waals surface area contributed by atoms with E-state index in [9.17, 15) is 4.79 Å². The minimum absolute atomic E-state index is 0.0257. The minimum atomic E-state index is -0.0257. The number of hydrogen-bond acceptors (Lipinski definition) is 5. The minimum Gasteiger partial charge on any atom is -0.342 e. The highest BCUT2D eigenvalue weighted by Gasteiger charge is 2.30. The van der Waals surface area contributed by atoms with Crippen LogP contribution in [0.4, 0.5) is 23.0 Å². The third-order valence-electron chi connectivity index (χ3n) is 5.16. The summed E-state index contributed by atoms with van der Waals surface area (Å²) in [7, 11) is 0. The van der Waals surface area contributed by atoms with Crippen molar-refractivity contribution >= 4 is 28.9 Å². The largest absolute Gasteiger partial charge is 0.342 e. The van der Waals surface area contributed by atoms with Gasteiger partial charge >= 0.3 is 0 Å². The van der Waals surface area contributed by atoms with E-state index in [1.54, 1.807) is 0 Å². The van der Waals surface area contributed by atoms with Crippen molar-refractivity contribution < 1.29 is 4.79 Å². The molecular formula is C21H29N5O. The molecule has 0 saturated carbocycles. The van der Waals surface area contributed by atoms with Gasteiger partial charge in [0.25, 0.3) is 0 Å². The molecule has 0 fully saturated rings. The van der Waals surface area contributed by atoms with Crippen molar-refractivity contribution in [1.29, 1.82) is 0 Å². The number of nitrogens with zero attached hydrogens (tertiary/aromatic N) is 3. The molecule has 3 rings (SSSR count). The lowest BCUT2D eigenvalue weighted by Crippen LogP contribution is -2.45. The average molecular weight is 367 g/mol. The third kappa shape index (κ3) is 3.75. The second-order valence-corrected chi connectivity index (χ2v) is 7.36. The van der Waals surface area contributed by atoms with Crippen molar-refractivity contribution in [3.05, 3.63) is 34.6 Å². The van der Waals surface area contributed by atoms with Crippen LogP contribution < -0.4 is 15.5 Å². The summed E-state index contributed by atoms with van der Waals surface area (Å²) < 4.78 is 0. The normalized spacial score (nSPS) is 13.6. The van der Waals surface area contributed by atoms with E-state index in [4.69, 9.17) is 0 Å². The van der Waals surface area contributed by atoms with Gasteiger partial charge in [0.2, 0.25) is 5.91 Å². The molecule has 2 N–H and O–H groups in total. The van der Waals surface area contributed by atoms with E-state index >= 15 is 0 Å². The van der Waals surface area contributed by atoms with Gasteiger partial charge in [-0.25, -0.2) is 9.97 Å². The second kappa shape index (κ2) is 7.55. The number of hydrogen-bond donors (Lipinski definition) is 2. The molecule has 1 aliphatic rings. The smallest absolute Gasteiger partial charge is 0.244 e. The van der Waals surface area contributed by atoms with Gasteiger partial charge in [-0.3, -0.25) is 4.79 Å². The molecule has 2 aromatic rings. The molecule has 1 aliphatic heterocycles. The van der Waals surface area contributed by atoms with Crippen molar-refractivity contribution in [3.63, 3.8) is 0 Å². The van der Waals surface area contributed by atoms with E-state index < -0.39 is 0 Å². The van der Waals surface area contributed by atoms with Gasteiger partial charge in [-0.05, 0) is 51.7 Å². The summed E-state index contributed by atoms with van der Waals surface area (Å²) in [5, 5.41) is 6.45. The Morgan fingerprint density at radius 1 is 1.11 bits per heavy atom. The molecule has 0 aliphatic carbocycles. The number of benzene rings is 1. The van der Waals surface area contributed by atoms with Gasteiger partial charge < -0.3 is 15.5 Å². The summed E-state index contributed by atoms with van der Waals surface area (Å²) in [5.74, 6) is 2.12. The number of aryl methyl sites for hydroxylation is 4. The van der Waals surface area contributed by atoms with Crippen molar-refractivity contribution in [2.24, 2.45) is 0 Å². The highest BCUT2D eigenvalue weighted by Crippen LogP contribution is 2.37. The first-order valence-electron chi connectivity index (χ1n) is 9.64. The number of carbonyl (C=O) groups excluding carboxylic acids is 1. The summed E-state index contributed by atoms with van der Waals surface area (Å²) in [4.78, 5) is 23.8. The van der Waals surface area contributed by atoms with Gasteiger partial charge in [0.1, 0.15) is 11.5 Å². The van der Waals surface area contributed by atoms with Crippen LogP contribution in [0.2, 0.25) is 0 Å². The highest BCUT2D eigenvalue weighted by atomic mass is 16.2. The number of fused-ring (bicyclic) bond motifs is 1. The zero-order valence-corrected chi connectivity index (χ0v) is 17.1. The average Bonchev–Trinajstić information content (AvgIpc) is 2.59. The quantitative estimate of drug-likeness (QED) is 0.819. The maximum atomic E-state index is 12.4. The Bertz CT molecular complexity index is 850. The van der Waals surface area contributed by atoms with Gasteiger partial charge in [-0.15, -0.1) is 0 Å². The van der Waals surface area contributed by atoms with E-state index in [2.05, 4.69) is 72.3 Å². The molecule has 0 radical (unpaired) electrons. The van der Waals surface area contributed by atoms with E-state index in [1.807, 2.05) is 6.92 Å². The number of nitrogens with one attached hydrogen (secondary N) is 2. The maximum Gasteiger partial charge on any atom is 0.244 e. The lowest BCUT2D eigenvalue weighted by Gasteiger charge is -2.36. The topological polar surface area (TPSA) is 70.2 Å². The van der Waals surface area contributed by atoms with Crippen LogP contribution >= 0.6 is 0 Å². The Balaban J connectivity index is 2.10. The van der Waals surface area contributed by atoms with Gasteiger partial charge in [-0.1, -0.05) is 31.5 Å². The molecule has 0 bridgehead atoms. The van der Waals surface area contributed by atoms with Gasteiger partial charge in [0.05, 0.1) is 6.54 Å². The fourth-order valence-corrected chi connectivity index (χ4v) is 3.91. The second-order valence-electron chi connectivity index (χ2n) is 7.36. The van der Waals surface area contributed by atoms with Crippen LogP contribution in [-0.2, 0) is 4.79 Å². The van der Waals surface area contributed by atoms with Gasteiger partial charge in [-0.2, -0.15) is 0 Å². The Morgan fingerprint density at radius 3 is 2.33 bits per heavy atom. The predicted molar refractivity (Wildman–Crippen MR) is 111 cm³/mol. The lowest BCUT2D eigenvalue weighted by atomic mass is 10.0. The van der Waals surface area contributed by atoms with Crippen molar-refractivity contribution in [1.82, 2.24) is 9.97 Å². The molecule has 27 heavy (non-hydrogen) atoms. The molecule has 2 heterocycles. The Hall–Kier alpha value is -2.63. The molecule has 0 unspecified atom stereocenters. The molecule has 0 saturated heterocycles. The molecular weight excluding hydrogens is 338 g/mol. The van der Waals surface area contributed by atoms with Crippen molar-refractivity contribution in [2.45, 2.75) is 60.4 Å². The molecule has 0 spiro atoms. The predicted octanol–water partition coefficient (Wildman–Crippen LogP) is 4.40. The molecule has 6 nitrogen and oxygen atoms in total. The standard InChI is InChI=1S/C21H29N5O/c1-7-16(8-2)26-11-17(27)24-19-20(22-15(6)23-21(19)26)25-18-13(4)9-12(3)10-14(18)5/h9-10,16H,7-8,11H2,1-6H3,(H,24,27)(H,22,23,25). The number of anilines is 4. The van der Waals surface area contributed by atoms with Crippen LogP contribution in [-0.4, -0.2) is 28.5 Å². The van der Waals surface area contributed by atoms with E-state index in [0.717, 1.165) is 35.5 Å². The van der Waals surface area contributed by atoms with Crippen molar-refractivity contribution in [2.75, 3.05) is 22.1 Å². The fraction of sp³-hybridized carbons (Fsp3) is 0.476. The monoisotopic (exact) mass is 367 g/mol. The third-order valence-corrected chi connectivity index (χ3v) is 5.16. The molecule has 144 valence electrons. The molecule has 1 aromatic carbocycles. The Kier molecular flexibility index (Phi) is 5.35. The summed E-state index contributed by atoms with van der Waals surface area (Å²) in [6.45, 7) is 12.8. The zero-order valence-electron chi connectivity index (χ0n) is 17.1. The van der Waals surface area contributed by atoms with Crippen LogP contribution in [0.25, 0.3) is 0 Å². The van der Waals surface area contributed by atoms with E-state index in [0.29, 0.717) is 23.9 Å². The van der Waals surface area contributed by atoms with Crippen LogP contribution in [0.15, 0.2) is 12.1 Å². The molecule has 6 heteroatoms. The van der Waals surface area contributed by atoms with Crippen LogP contribution in [0, 0.1) is 27.7 Å². The molecule has 0 atom stereocenters. The van der Waals surface area contributed by atoms with E-state index in [-0.39, 0.29) is 11.9 Å². The lowest BCUT2D eigenvalue weighted by molar-refractivity contribution is -0.115. The van der Waals surface area contributed by atoms with Crippen LogP contribution in [0.1, 0.15) is 49.2 Å². The number of aromatic nitrogens is 2. The molecule has 1 aromatic heterocycles. The SMILES string of the molecule is CCC(CC)N1CC(=O)Nc2c(Nc3c(C)cc(C)cc3C)nc(C)nc21. The number of carbonyl (C=O) groups is 1. The molecule has 1 amide bonds. The first kappa shape index (κ1) is 19.1. The number of rotatable bonds is 5. The first-order chi connectivity index (χ1) is 12.8. The van der Waals surface area contributed by atoms with Crippen molar-refractivity contribution in [3.8, 4) is 0 Å². The van der Waals surface area contributed by atoms with Crippen LogP contribution in [0.5, 0.6) is 0 Å². The first-order valence-corrected chi connectivity index (χ1v) is 9.64. The number of amides is 1. The summed E-state index contributed by atoms with van der Waals surface area (Å²) in [6.07, 6.45) is 1.93. The maximum absolute atomic E-state index is 12.4. The summed E-state index contributed by atoms with van der Waals surface area (Å²) in [5.41, 5.74) is 5.22. The van der Waals surface area contributed by atoms with E-state index in [1.165, 1.54) is 5.56 Å². The highest BCUT2D eigenvalue weighted by molar-refractivity contribution is 6.04. The zero-order chi connectivity index (χ0) is 19.7. The summed E-state index contributed by atoms with van der Waals surface area (Å²) >= 11 is 0.